The van der Waals surface area contributed by atoms with Gasteiger partial charge in [0.15, 0.2) is 23.0 Å². The quantitative estimate of drug-likeness (QED) is 0.840. The highest BCUT2D eigenvalue weighted by Crippen LogP contribution is 2.64. The van der Waals surface area contributed by atoms with E-state index in [1.165, 1.54) is 5.56 Å². The van der Waals surface area contributed by atoms with Crippen molar-refractivity contribution in [3.8, 4) is 17.2 Å². The SMILES string of the molecule is COC1=CC2(CCCc3cc(OC)c(OC)c(OC)c32)C2CC2C1=O. The van der Waals surface area contributed by atoms with Crippen LogP contribution in [0.5, 0.6) is 17.2 Å². The number of ketones is 1. The van der Waals surface area contributed by atoms with Crippen LogP contribution in [-0.2, 0) is 21.4 Å². The van der Waals surface area contributed by atoms with Crippen LogP contribution in [0.25, 0.3) is 0 Å². The predicted molar refractivity (Wildman–Crippen MR) is 92.4 cm³/mol. The van der Waals surface area contributed by atoms with Gasteiger partial charge in [-0.1, -0.05) is 0 Å². The molecule has 3 unspecified atom stereocenters. The van der Waals surface area contributed by atoms with Crippen LogP contribution in [-0.4, -0.2) is 34.2 Å². The zero-order valence-corrected chi connectivity index (χ0v) is 15.2. The van der Waals surface area contributed by atoms with Crippen molar-refractivity contribution >= 4 is 5.78 Å². The highest BCUT2D eigenvalue weighted by atomic mass is 16.5. The van der Waals surface area contributed by atoms with Gasteiger partial charge in [-0.05, 0) is 49.3 Å². The Morgan fingerprint density at radius 3 is 2.44 bits per heavy atom. The van der Waals surface area contributed by atoms with Gasteiger partial charge in [0.2, 0.25) is 5.75 Å². The van der Waals surface area contributed by atoms with Crippen molar-refractivity contribution < 1.29 is 23.7 Å². The molecule has 5 nitrogen and oxygen atoms in total. The zero-order chi connectivity index (χ0) is 17.8. The fourth-order valence-electron chi connectivity index (χ4n) is 4.93. The molecule has 0 amide bonds. The molecule has 4 rings (SSSR count). The van der Waals surface area contributed by atoms with Crippen LogP contribution in [0.4, 0.5) is 0 Å². The second-order valence-electron chi connectivity index (χ2n) is 7.10. The molecular weight excluding hydrogens is 320 g/mol. The summed E-state index contributed by atoms with van der Waals surface area (Å²) in [5.74, 6) is 3.06. The van der Waals surface area contributed by atoms with Gasteiger partial charge in [0.05, 0.1) is 28.4 Å². The van der Waals surface area contributed by atoms with E-state index in [2.05, 4.69) is 12.1 Å². The molecule has 0 bridgehead atoms. The third-order valence-electron chi connectivity index (χ3n) is 6.05. The highest BCUT2D eigenvalue weighted by Gasteiger charge is 2.61. The molecule has 0 radical (unpaired) electrons. The molecule has 3 aliphatic rings. The minimum Gasteiger partial charge on any atom is -0.493 e. The van der Waals surface area contributed by atoms with E-state index in [1.54, 1.807) is 28.4 Å². The normalized spacial score (nSPS) is 29.4. The van der Waals surface area contributed by atoms with Gasteiger partial charge in [-0.3, -0.25) is 4.79 Å². The molecule has 0 aromatic heterocycles. The van der Waals surface area contributed by atoms with Gasteiger partial charge in [0, 0.05) is 16.9 Å². The summed E-state index contributed by atoms with van der Waals surface area (Å²) in [6.07, 6.45) is 5.99. The van der Waals surface area contributed by atoms with E-state index < -0.39 is 0 Å². The number of hydrogen-bond donors (Lipinski definition) is 0. The Bertz CT molecular complexity index is 766. The average Bonchev–Trinajstić information content (AvgIpc) is 3.45. The lowest BCUT2D eigenvalue weighted by Crippen LogP contribution is -2.37. The van der Waals surface area contributed by atoms with E-state index >= 15 is 0 Å². The lowest BCUT2D eigenvalue weighted by molar-refractivity contribution is -0.120. The summed E-state index contributed by atoms with van der Waals surface area (Å²) < 4.78 is 22.4. The first-order valence-corrected chi connectivity index (χ1v) is 8.74. The lowest BCUT2D eigenvalue weighted by Gasteiger charge is -2.41. The molecule has 25 heavy (non-hydrogen) atoms. The number of methoxy groups -OCH3 is 4. The molecule has 1 fully saturated rings. The van der Waals surface area contributed by atoms with Gasteiger partial charge in [-0.25, -0.2) is 0 Å². The van der Waals surface area contributed by atoms with E-state index in [-0.39, 0.29) is 17.1 Å². The van der Waals surface area contributed by atoms with Gasteiger partial charge in [-0.2, -0.15) is 0 Å². The van der Waals surface area contributed by atoms with Crippen LogP contribution in [0.1, 0.15) is 30.4 Å². The molecule has 3 atom stereocenters. The zero-order valence-electron chi connectivity index (χ0n) is 15.2. The molecule has 1 aromatic carbocycles. The van der Waals surface area contributed by atoms with E-state index in [4.69, 9.17) is 18.9 Å². The number of aryl methyl sites for hydroxylation is 1. The number of Topliss-reactive ketones (excluding diaryl/α,β-unsaturated/α-hetero) is 1. The van der Waals surface area contributed by atoms with Crippen LogP contribution >= 0.6 is 0 Å². The number of allylic oxidation sites excluding steroid dienone is 2. The van der Waals surface area contributed by atoms with Crippen LogP contribution < -0.4 is 14.2 Å². The maximum Gasteiger partial charge on any atom is 0.203 e. The summed E-state index contributed by atoms with van der Waals surface area (Å²) >= 11 is 0. The minimum atomic E-state index is -0.220. The molecule has 0 N–H and O–H groups in total. The maximum atomic E-state index is 12.4. The number of benzene rings is 1. The topological polar surface area (TPSA) is 54.0 Å². The van der Waals surface area contributed by atoms with Crippen molar-refractivity contribution in [2.75, 3.05) is 28.4 Å². The Balaban J connectivity index is 1.99. The molecule has 0 aliphatic heterocycles. The fraction of sp³-hybridized carbons (Fsp3) is 0.550. The molecule has 1 saturated carbocycles. The molecule has 1 spiro atoms. The largest absolute Gasteiger partial charge is 0.493 e. The van der Waals surface area contributed by atoms with Crippen molar-refractivity contribution in [1.29, 1.82) is 0 Å². The number of fused-ring (bicyclic) bond motifs is 4. The summed E-state index contributed by atoms with van der Waals surface area (Å²) in [5.41, 5.74) is 2.14. The minimum absolute atomic E-state index is 0.0729. The molecule has 0 saturated heterocycles. The molecule has 5 heteroatoms. The fourth-order valence-corrected chi connectivity index (χ4v) is 4.93. The Labute approximate surface area is 147 Å². The monoisotopic (exact) mass is 344 g/mol. The van der Waals surface area contributed by atoms with Gasteiger partial charge in [0.25, 0.3) is 0 Å². The highest BCUT2D eigenvalue weighted by molar-refractivity contribution is 5.99. The number of hydrogen-bond acceptors (Lipinski definition) is 5. The molecule has 0 heterocycles. The van der Waals surface area contributed by atoms with E-state index in [0.29, 0.717) is 23.2 Å². The summed E-state index contributed by atoms with van der Waals surface area (Å²) in [5, 5.41) is 0. The Kier molecular flexibility index (Phi) is 3.71. The Morgan fingerprint density at radius 2 is 1.80 bits per heavy atom. The first-order chi connectivity index (χ1) is 12.1. The number of rotatable bonds is 4. The predicted octanol–water partition coefficient (Wildman–Crippen LogP) is 3.04. The van der Waals surface area contributed by atoms with Crippen molar-refractivity contribution in [2.24, 2.45) is 11.8 Å². The van der Waals surface area contributed by atoms with Crippen molar-refractivity contribution in [3.05, 3.63) is 29.0 Å². The van der Waals surface area contributed by atoms with Gasteiger partial charge < -0.3 is 18.9 Å². The molecule has 1 aromatic rings. The molecule has 134 valence electrons. The molecular formula is C20H24O5. The van der Waals surface area contributed by atoms with Crippen molar-refractivity contribution in [3.63, 3.8) is 0 Å². The standard InChI is InChI=1S/C20H24O5/c1-22-14-8-11-6-5-7-20(16(11)19(25-4)18(14)24-3)10-15(23-2)17(21)12-9-13(12)20/h8,10,12-13H,5-7,9H2,1-4H3. The van der Waals surface area contributed by atoms with Crippen LogP contribution in [0, 0.1) is 11.8 Å². The third kappa shape index (κ3) is 2.11. The third-order valence-corrected chi connectivity index (χ3v) is 6.05. The molecule has 3 aliphatic carbocycles. The van der Waals surface area contributed by atoms with Crippen molar-refractivity contribution in [2.45, 2.75) is 31.1 Å². The smallest absolute Gasteiger partial charge is 0.203 e. The van der Waals surface area contributed by atoms with Gasteiger partial charge >= 0.3 is 0 Å². The first-order valence-electron chi connectivity index (χ1n) is 8.74. The second-order valence-corrected chi connectivity index (χ2v) is 7.10. The number of carbonyl (C=O) groups excluding carboxylic acids is 1. The van der Waals surface area contributed by atoms with Crippen molar-refractivity contribution in [1.82, 2.24) is 0 Å². The average molecular weight is 344 g/mol. The Morgan fingerprint density at radius 1 is 1.04 bits per heavy atom. The van der Waals surface area contributed by atoms with E-state index in [1.807, 2.05) is 0 Å². The number of carbonyl (C=O) groups is 1. The second kappa shape index (κ2) is 5.68. The lowest BCUT2D eigenvalue weighted by atomic mass is 9.63. The van der Waals surface area contributed by atoms with Gasteiger partial charge in [-0.15, -0.1) is 0 Å². The summed E-state index contributed by atoms with van der Waals surface area (Å²) in [4.78, 5) is 12.4. The van der Waals surface area contributed by atoms with Crippen LogP contribution in [0.3, 0.4) is 0 Å². The Hall–Kier alpha value is -2.17. The van der Waals surface area contributed by atoms with E-state index in [9.17, 15) is 4.79 Å². The summed E-state index contributed by atoms with van der Waals surface area (Å²) in [6, 6.07) is 2.06. The number of ether oxygens (including phenoxy) is 4. The summed E-state index contributed by atoms with van der Waals surface area (Å²) in [7, 11) is 6.51. The summed E-state index contributed by atoms with van der Waals surface area (Å²) in [6.45, 7) is 0. The van der Waals surface area contributed by atoms with Gasteiger partial charge in [0.1, 0.15) is 0 Å². The maximum absolute atomic E-state index is 12.4. The van der Waals surface area contributed by atoms with E-state index in [0.717, 1.165) is 37.0 Å². The van der Waals surface area contributed by atoms with Crippen LogP contribution in [0.15, 0.2) is 17.9 Å². The first kappa shape index (κ1) is 16.3. The van der Waals surface area contributed by atoms with Crippen LogP contribution in [0.2, 0.25) is 0 Å².